The summed E-state index contributed by atoms with van der Waals surface area (Å²) in [6, 6.07) is 14.6. The molecule has 2 aromatic rings. The largest absolute Gasteiger partial charge is 0.383 e. The van der Waals surface area contributed by atoms with Gasteiger partial charge in [-0.2, -0.15) is 0 Å². The highest BCUT2D eigenvalue weighted by molar-refractivity contribution is 6.09. The Labute approximate surface area is 189 Å². The fourth-order valence-electron chi connectivity index (χ4n) is 4.12. The minimum atomic E-state index is -1.20. The Kier molecular flexibility index (Phi) is 8.97. The number of nitrogens with zero attached hydrogens (tertiary/aromatic N) is 1. The average molecular weight is 434 g/mol. The number of aliphatic hydroxyl groups excluding tert-OH is 1. The van der Waals surface area contributed by atoms with Crippen molar-refractivity contribution in [2.24, 2.45) is 0 Å². The minimum Gasteiger partial charge on any atom is -0.383 e. The number of hydrogen-bond donors (Lipinski definition) is 1. The number of non-ortho nitro benzene ring substituents is 1. The Hall–Kier alpha value is -3.01. The maximum Gasteiger partial charge on any atom is 0.269 e. The molecule has 1 N–H and O–H groups in total. The predicted octanol–water partition coefficient (Wildman–Crippen LogP) is 6.88. The molecular weight excluding hydrogens is 402 g/mol. The number of benzene rings is 2. The van der Waals surface area contributed by atoms with Crippen LogP contribution in [0.25, 0.3) is 0 Å². The van der Waals surface area contributed by atoms with E-state index < -0.39 is 11.0 Å². The maximum absolute atomic E-state index is 13.4. The number of ketones is 1. The van der Waals surface area contributed by atoms with E-state index in [0.29, 0.717) is 11.1 Å². The third-order valence-corrected chi connectivity index (χ3v) is 5.99. The summed E-state index contributed by atoms with van der Waals surface area (Å²) in [6.45, 7) is 0. The molecule has 1 atom stereocenters. The Morgan fingerprint density at radius 2 is 1.38 bits per heavy atom. The van der Waals surface area contributed by atoms with Crippen molar-refractivity contribution in [1.82, 2.24) is 0 Å². The number of carbonyl (C=O) groups excluding carboxylic acids is 1. The fourth-order valence-corrected chi connectivity index (χ4v) is 4.12. The lowest BCUT2D eigenvalue weighted by Crippen LogP contribution is -2.12. The number of carbonyl (C=O) groups is 1. The summed E-state index contributed by atoms with van der Waals surface area (Å²) in [5.74, 6) is -0.265. The van der Waals surface area contributed by atoms with Crippen LogP contribution in [0.15, 0.2) is 71.5 Å². The van der Waals surface area contributed by atoms with Crippen LogP contribution < -0.4 is 0 Å². The third-order valence-electron chi connectivity index (χ3n) is 5.99. The van der Waals surface area contributed by atoms with Crippen LogP contribution in [-0.2, 0) is 0 Å². The van der Waals surface area contributed by atoms with E-state index in [9.17, 15) is 20.0 Å². The standard InChI is InChI=1S/C27H31NO4/c29-26(22-14-10-7-11-15-22)25(27(30)23-16-18-24(19-17-23)28(31)32)20-21-12-8-5-3-1-2-4-6-9-13-21/h7,10-11,14-19,27,30H,1-6,8-9,12-13H2/t27-/m1/s1. The summed E-state index contributed by atoms with van der Waals surface area (Å²) in [5, 5.41) is 22.1. The van der Waals surface area contributed by atoms with Crippen LogP contribution in [0.2, 0.25) is 0 Å². The van der Waals surface area contributed by atoms with Crippen molar-refractivity contribution >= 4 is 11.5 Å². The van der Waals surface area contributed by atoms with Gasteiger partial charge in [0.2, 0.25) is 0 Å². The Morgan fingerprint density at radius 1 is 0.844 bits per heavy atom. The molecule has 1 fully saturated rings. The second-order valence-corrected chi connectivity index (χ2v) is 8.42. The predicted molar refractivity (Wildman–Crippen MR) is 126 cm³/mol. The lowest BCUT2D eigenvalue weighted by Gasteiger charge is -2.14. The number of hydrogen-bond acceptors (Lipinski definition) is 4. The summed E-state index contributed by atoms with van der Waals surface area (Å²) in [7, 11) is 0. The smallest absolute Gasteiger partial charge is 0.269 e. The molecule has 0 saturated heterocycles. The van der Waals surface area contributed by atoms with E-state index in [1.165, 1.54) is 49.9 Å². The molecule has 1 aliphatic carbocycles. The quantitative estimate of drug-likeness (QED) is 0.183. The van der Waals surface area contributed by atoms with Crippen molar-refractivity contribution in [3.05, 3.63) is 92.7 Å². The summed E-state index contributed by atoms with van der Waals surface area (Å²) in [4.78, 5) is 23.9. The van der Waals surface area contributed by atoms with Gasteiger partial charge in [0.1, 0.15) is 6.10 Å². The van der Waals surface area contributed by atoms with Gasteiger partial charge in [-0.25, -0.2) is 0 Å². The van der Waals surface area contributed by atoms with Gasteiger partial charge in [-0.15, -0.1) is 5.73 Å². The molecule has 5 nitrogen and oxygen atoms in total. The third kappa shape index (κ3) is 6.74. The van der Waals surface area contributed by atoms with Crippen molar-refractivity contribution in [1.29, 1.82) is 0 Å². The molecule has 5 heteroatoms. The van der Waals surface area contributed by atoms with Crippen LogP contribution in [0.1, 0.15) is 86.2 Å². The van der Waals surface area contributed by atoms with Crippen LogP contribution >= 0.6 is 0 Å². The van der Waals surface area contributed by atoms with Gasteiger partial charge in [-0.05, 0) is 49.0 Å². The van der Waals surface area contributed by atoms with Crippen LogP contribution in [0, 0.1) is 10.1 Å². The molecule has 0 amide bonds. The maximum atomic E-state index is 13.4. The molecule has 32 heavy (non-hydrogen) atoms. The van der Waals surface area contributed by atoms with Gasteiger partial charge in [-0.1, -0.05) is 68.9 Å². The first-order chi connectivity index (χ1) is 15.6. The highest BCUT2D eigenvalue weighted by atomic mass is 16.6. The number of aliphatic hydroxyl groups is 1. The topological polar surface area (TPSA) is 80.4 Å². The van der Waals surface area contributed by atoms with Crippen LogP contribution in [0.3, 0.4) is 0 Å². The van der Waals surface area contributed by atoms with Gasteiger partial charge in [0.25, 0.3) is 5.69 Å². The van der Waals surface area contributed by atoms with Gasteiger partial charge < -0.3 is 5.11 Å². The molecule has 1 aliphatic rings. The summed E-state index contributed by atoms with van der Waals surface area (Å²) < 4.78 is 0. The lowest BCUT2D eigenvalue weighted by atomic mass is 9.92. The summed E-state index contributed by atoms with van der Waals surface area (Å²) in [5.41, 5.74) is 5.49. The van der Waals surface area contributed by atoms with Gasteiger partial charge in [0.05, 0.1) is 10.5 Å². The van der Waals surface area contributed by atoms with Crippen molar-refractivity contribution in [3.63, 3.8) is 0 Å². The van der Waals surface area contributed by atoms with E-state index in [1.807, 2.05) is 6.07 Å². The van der Waals surface area contributed by atoms with Crippen molar-refractivity contribution in [2.45, 2.75) is 70.3 Å². The minimum absolute atomic E-state index is 0.0531. The van der Waals surface area contributed by atoms with Gasteiger partial charge in [0.15, 0.2) is 5.78 Å². The first-order valence-electron chi connectivity index (χ1n) is 11.6. The Balaban J connectivity index is 2.00. The van der Waals surface area contributed by atoms with E-state index in [0.717, 1.165) is 44.1 Å². The van der Waals surface area contributed by atoms with E-state index in [-0.39, 0.29) is 17.0 Å². The number of rotatable bonds is 5. The Morgan fingerprint density at radius 3 is 1.91 bits per heavy atom. The van der Waals surface area contributed by atoms with Gasteiger partial charge in [0, 0.05) is 17.7 Å². The number of nitro benzene ring substituents is 1. The molecule has 0 spiro atoms. The molecule has 0 radical (unpaired) electrons. The van der Waals surface area contributed by atoms with Gasteiger partial charge >= 0.3 is 0 Å². The molecule has 0 bridgehead atoms. The lowest BCUT2D eigenvalue weighted by molar-refractivity contribution is -0.384. The van der Waals surface area contributed by atoms with E-state index >= 15 is 0 Å². The molecule has 168 valence electrons. The molecule has 0 aromatic heterocycles. The highest BCUT2D eigenvalue weighted by Gasteiger charge is 2.23. The first kappa shape index (κ1) is 23.6. The van der Waals surface area contributed by atoms with E-state index in [4.69, 9.17) is 0 Å². The molecule has 0 aliphatic heterocycles. The summed E-state index contributed by atoms with van der Waals surface area (Å²) in [6.07, 6.45) is 10.0. The molecule has 0 unspecified atom stereocenters. The zero-order valence-corrected chi connectivity index (χ0v) is 18.5. The molecule has 0 heterocycles. The molecular formula is C27H31NO4. The zero-order valence-electron chi connectivity index (χ0n) is 18.5. The second-order valence-electron chi connectivity index (χ2n) is 8.42. The van der Waals surface area contributed by atoms with Gasteiger partial charge in [-0.3, -0.25) is 14.9 Å². The van der Waals surface area contributed by atoms with Crippen LogP contribution in [0.5, 0.6) is 0 Å². The summed E-state index contributed by atoms with van der Waals surface area (Å²) >= 11 is 0. The number of nitro groups is 1. The van der Waals surface area contributed by atoms with Crippen molar-refractivity contribution in [2.75, 3.05) is 0 Å². The molecule has 1 saturated carbocycles. The van der Waals surface area contributed by atoms with Crippen LogP contribution in [0.4, 0.5) is 5.69 Å². The van der Waals surface area contributed by atoms with Crippen molar-refractivity contribution < 1.29 is 14.8 Å². The number of Topliss-reactive ketones (excluding diaryl/α,β-unsaturated/α-hetero) is 1. The van der Waals surface area contributed by atoms with E-state index in [2.05, 4.69) is 5.73 Å². The molecule has 2 aromatic carbocycles. The first-order valence-corrected chi connectivity index (χ1v) is 11.6. The zero-order chi connectivity index (χ0) is 22.8. The van der Waals surface area contributed by atoms with E-state index in [1.54, 1.807) is 24.3 Å². The Bertz CT molecular complexity index is 958. The second kappa shape index (κ2) is 12.1. The monoisotopic (exact) mass is 433 g/mol. The molecule has 3 rings (SSSR count). The fraction of sp³-hybridized carbons (Fsp3) is 0.407. The highest BCUT2D eigenvalue weighted by Crippen LogP contribution is 2.28. The average Bonchev–Trinajstić information content (AvgIpc) is 2.88. The SMILES string of the molecule is O=C(C(=C=C1CCCCCCCCCC1)[C@H](O)c1ccc([N+](=O)[O-])cc1)c1ccccc1. The van der Waals surface area contributed by atoms with Crippen molar-refractivity contribution in [3.8, 4) is 0 Å². The van der Waals surface area contributed by atoms with Crippen LogP contribution in [-0.4, -0.2) is 15.8 Å². The normalized spacial score (nSPS) is 16.3.